The molecular weight excluding hydrogens is 632 g/mol. The molecule has 0 aromatic heterocycles. The number of hydrogen-bond donors (Lipinski definition) is 1. The lowest BCUT2D eigenvalue weighted by Crippen LogP contribution is -2.48. The molecule has 0 saturated carbocycles. The van der Waals surface area contributed by atoms with Crippen LogP contribution in [0, 0.1) is 6.92 Å². The van der Waals surface area contributed by atoms with Crippen molar-refractivity contribution in [1.29, 1.82) is 0 Å². The topological polar surface area (TPSA) is 95.6 Å². The van der Waals surface area contributed by atoms with Gasteiger partial charge in [-0.3, -0.25) is 4.79 Å². The predicted octanol–water partition coefficient (Wildman–Crippen LogP) is 8.14. The fourth-order valence-electron chi connectivity index (χ4n) is 6.57. The summed E-state index contributed by atoms with van der Waals surface area (Å²) in [4.78, 5) is 27.2. The van der Waals surface area contributed by atoms with Crippen LogP contribution in [0.1, 0.15) is 92.7 Å². The minimum Gasteiger partial charge on any atom is -0.494 e. The van der Waals surface area contributed by atoms with Crippen LogP contribution < -0.4 is 10.1 Å². The van der Waals surface area contributed by atoms with Gasteiger partial charge in [0.25, 0.3) is 0 Å². The van der Waals surface area contributed by atoms with Crippen LogP contribution in [0.3, 0.4) is 0 Å². The zero-order chi connectivity index (χ0) is 35.5. The highest BCUT2D eigenvalue weighted by Gasteiger charge is 2.37. The lowest BCUT2D eigenvalue weighted by molar-refractivity contribution is -0.116. The molecule has 1 saturated heterocycles. The Labute approximate surface area is 297 Å². The summed E-state index contributed by atoms with van der Waals surface area (Å²) in [6, 6.07) is 22.8. The molecule has 3 aromatic rings. The number of rotatable bonds is 15. The molecule has 1 N–H and O–H groups in total. The van der Waals surface area contributed by atoms with Gasteiger partial charge in [0, 0.05) is 44.7 Å². The summed E-state index contributed by atoms with van der Waals surface area (Å²) < 4.78 is 30.1. The van der Waals surface area contributed by atoms with Gasteiger partial charge >= 0.3 is 6.09 Å². The van der Waals surface area contributed by atoms with Crippen molar-refractivity contribution in [1.82, 2.24) is 4.90 Å². The number of nitrogens with one attached hydrogen (secondary N) is 1. The van der Waals surface area contributed by atoms with Gasteiger partial charge in [-0.05, 0) is 99.4 Å². The van der Waals surface area contributed by atoms with Gasteiger partial charge in [-0.25, -0.2) is 4.79 Å². The zero-order valence-corrected chi connectivity index (χ0v) is 30.4. The highest BCUT2D eigenvalue weighted by molar-refractivity contribution is 5.94. The molecular formula is C41H54N2O7. The van der Waals surface area contributed by atoms with Crippen molar-refractivity contribution in [2.75, 3.05) is 45.3 Å². The van der Waals surface area contributed by atoms with Gasteiger partial charge in [0.1, 0.15) is 11.4 Å². The molecule has 50 heavy (non-hydrogen) atoms. The van der Waals surface area contributed by atoms with Crippen LogP contribution in [0.2, 0.25) is 0 Å². The first-order valence-electron chi connectivity index (χ1n) is 18.0. The average molecular weight is 687 g/mol. The maximum Gasteiger partial charge on any atom is 0.410 e. The van der Waals surface area contributed by atoms with Crippen molar-refractivity contribution in [3.8, 4) is 5.75 Å². The van der Waals surface area contributed by atoms with Crippen LogP contribution in [-0.2, 0) is 36.8 Å². The molecule has 5 rings (SSSR count). The van der Waals surface area contributed by atoms with Crippen molar-refractivity contribution in [3.05, 3.63) is 94.5 Å². The largest absolute Gasteiger partial charge is 0.494 e. The Kier molecular flexibility index (Phi) is 13.3. The molecule has 0 bridgehead atoms. The van der Waals surface area contributed by atoms with E-state index in [0.29, 0.717) is 45.9 Å². The van der Waals surface area contributed by atoms with E-state index in [2.05, 4.69) is 48.6 Å². The lowest BCUT2D eigenvalue weighted by Gasteiger charge is -2.40. The highest BCUT2D eigenvalue weighted by Crippen LogP contribution is 2.38. The number of piperidine rings is 1. The third kappa shape index (κ3) is 10.8. The Bertz CT molecular complexity index is 1550. The molecule has 3 unspecified atom stereocenters. The third-order valence-electron chi connectivity index (χ3n) is 9.29. The molecule has 9 heteroatoms. The van der Waals surface area contributed by atoms with Crippen molar-refractivity contribution in [3.63, 3.8) is 0 Å². The van der Waals surface area contributed by atoms with Crippen LogP contribution in [0.15, 0.2) is 66.7 Å². The minimum atomic E-state index is -0.594. The summed E-state index contributed by atoms with van der Waals surface area (Å²) in [5, 5.41) is 3.04. The molecule has 1 fully saturated rings. The Hall–Kier alpha value is -3.92. The number of amides is 2. The van der Waals surface area contributed by atoms with Gasteiger partial charge < -0.3 is 33.9 Å². The number of aryl methyl sites for hydroxylation is 2. The second-order valence-electron chi connectivity index (χ2n) is 14.3. The number of nitrogens with zero attached hydrogens (tertiary/aromatic N) is 1. The molecule has 2 amide bonds. The summed E-state index contributed by atoms with van der Waals surface area (Å²) in [5.74, 6) is 0.899. The highest BCUT2D eigenvalue weighted by atomic mass is 16.6. The first-order chi connectivity index (χ1) is 24.1. The van der Waals surface area contributed by atoms with Gasteiger partial charge in [0.15, 0.2) is 0 Å². The van der Waals surface area contributed by atoms with Crippen molar-refractivity contribution >= 4 is 17.7 Å². The first kappa shape index (κ1) is 37.3. The first-order valence-corrected chi connectivity index (χ1v) is 18.0. The Morgan fingerprint density at radius 3 is 2.54 bits per heavy atom. The van der Waals surface area contributed by atoms with Gasteiger partial charge in [0.2, 0.25) is 5.91 Å². The Morgan fingerprint density at radius 2 is 1.78 bits per heavy atom. The molecule has 2 heterocycles. The number of carbonyl (C=O) groups excluding carboxylic acids is 2. The lowest BCUT2D eigenvalue weighted by atomic mass is 9.86. The number of likely N-dealkylation sites (tertiary alicyclic amines) is 1. The van der Waals surface area contributed by atoms with E-state index >= 15 is 0 Å². The van der Waals surface area contributed by atoms with Crippen LogP contribution in [-0.4, -0.2) is 68.6 Å². The fourth-order valence-corrected chi connectivity index (χ4v) is 6.57. The number of hydrogen-bond acceptors (Lipinski definition) is 7. The number of fused-ring (bicyclic) bond motifs is 1. The zero-order valence-electron chi connectivity index (χ0n) is 30.4. The van der Waals surface area contributed by atoms with Crippen LogP contribution in [0.5, 0.6) is 5.75 Å². The van der Waals surface area contributed by atoms with Gasteiger partial charge in [-0.1, -0.05) is 48.5 Å². The fraction of sp³-hybridized carbons (Fsp3) is 0.512. The minimum absolute atomic E-state index is 0.0331. The molecule has 2 aliphatic heterocycles. The van der Waals surface area contributed by atoms with Gasteiger partial charge in [-0.2, -0.15) is 0 Å². The van der Waals surface area contributed by atoms with Gasteiger partial charge in [-0.15, -0.1) is 0 Å². The second kappa shape index (κ2) is 17.8. The molecule has 3 atom stereocenters. The number of carbonyl (C=O) groups is 2. The average Bonchev–Trinajstić information content (AvgIpc) is 3.09. The Balaban J connectivity index is 1.27. The summed E-state index contributed by atoms with van der Waals surface area (Å²) in [6.07, 6.45) is 3.42. The number of benzene rings is 3. The van der Waals surface area contributed by atoms with Crippen molar-refractivity contribution in [2.45, 2.75) is 96.6 Å². The standard InChI is InChI=1S/C41H54N2O7/c1-29-10-6-7-11-33(29)28-47-24-9-25-48-34-18-15-30(16-19-34)35-21-22-43(40(45)50-41(2,3)4)27-38(35)49-37(12-8-23-46-5)32-14-13-31-17-20-39(44)42-36(31)26-32/h6-7,10-11,13-16,18-19,26,35,37-38H,8-9,12,17,20-25,27-28H2,1-5H3,(H,42,44). The number of ether oxygens (including phenoxy) is 5. The number of methoxy groups -OCH3 is 1. The van der Waals surface area contributed by atoms with Crippen molar-refractivity contribution in [2.24, 2.45) is 0 Å². The summed E-state index contributed by atoms with van der Waals surface area (Å²) in [7, 11) is 1.70. The van der Waals surface area contributed by atoms with E-state index in [9.17, 15) is 9.59 Å². The maximum absolute atomic E-state index is 13.2. The predicted molar refractivity (Wildman–Crippen MR) is 195 cm³/mol. The van der Waals surface area contributed by atoms with E-state index in [1.54, 1.807) is 12.0 Å². The van der Waals surface area contributed by atoms with Crippen LogP contribution >= 0.6 is 0 Å². The van der Waals surface area contributed by atoms with E-state index in [1.165, 1.54) is 11.1 Å². The quantitative estimate of drug-likeness (QED) is 0.161. The molecule has 270 valence electrons. The van der Waals surface area contributed by atoms with Crippen molar-refractivity contribution < 1.29 is 33.3 Å². The second-order valence-corrected chi connectivity index (χ2v) is 14.3. The Morgan fingerprint density at radius 1 is 0.980 bits per heavy atom. The molecule has 0 radical (unpaired) electrons. The third-order valence-corrected chi connectivity index (χ3v) is 9.29. The van der Waals surface area contributed by atoms with Gasteiger partial charge in [0.05, 0.1) is 38.6 Å². The monoisotopic (exact) mass is 686 g/mol. The van der Waals surface area contributed by atoms with E-state index in [0.717, 1.165) is 60.2 Å². The maximum atomic E-state index is 13.2. The molecule has 9 nitrogen and oxygen atoms in total. The summed E-state index contributed by atoms with van der Waals surface area (Å²) in [6.45, 7) is 11.1. The summed E-state index contributed by atoms with van der Waals surface area (Å²) in [5.41, 5.74) is 5.98. The van der Waals surface area contributed by atoms with Crippen LogP contribution in [0.25, 0.3) is 0 Å². The van der Waals surface area contributed by atoms with E-state index in [-0.39, 0.29) is 30.1 Å². The van der Waals surface area contributed by atoms with Crippen LogP contribution in [0.4, 0.5) is 10.5 Å². The molecule has 0 spiro atoms. The number of anilines is 1. The normalized spacial score (nSPS) is 18.3. The SMILES string of the molecule is COCCCC(OC1CN(C(=O)OC(C)(C)C)CCC1c1ccc(OCCCOCc2ccccc2C)cc1)c1ccc2c(c1)NC(=O)CC2. The molecule has 0 aliphatic carbocycles. The summed E-state index contributed by atoms with van der Waals surface area (Å²) >= 11 is 0. The smallest absolute Gasteiger partial charge is 0.410 e. The van der Waals surface area contributed by atoms with E-state index in [1.807, 2.05) is 51.1 Å². The van der Waals surface area contributed by atoms with E-state index in [4.69, 9.17) is 23.7 Å². The molecule has 2 aliphatic rings. The molecule has 3 aromatic carbocycles. The van der Waals surface area contributed by atoms with E-state index < -0.39 is 5.60 Å².